The molecule has 1 atom stereocenters. The van der Waals surface area contributed by atoms with Gasteiger partial charge in [0.25, 0.3) is 0 Å². The quantitative estimate of drug-likeness (QED) is 0.422. The first kappa shape index (κ1) is 10.2. The first-order valence-corrected chi connectivity index (χ1v) is 3.41. The smallest absolute Gasteiger partial charge is 0.222 e. The molecule has 5 N–H and O–H groups in total. The minimum Gasteiger partial charge on any atom is -0.705 e. The molecule has 0 radical (unpaired) electrons. The largest absolute Gasteiger partial charge is 0.705 e. The van der Waals surface area contributed by atoms with Crippen LogP contribution < -0.4 is 16.2 Å². The zero-order valence-corrected chi connectivity index (χ0v) is 6.69. The summed E-state index contributed by atoms with van der Waals surface area (Å²) in [6.07, 6.45) is -0.0566. The highest BCUT2D eigenvalue weighted by Gasteiger charge is 2.15. The molecular formula is C5H10N3O2S-. The molecule has 0 bridgehead atoms. The molecule has 0 aromatic heterocycles. The Balaban J connectivity index is 3.89. The molecule has 0 heterocycles. The van der Waals surface area contributed by atoms with E-state index in [-0.39, 0.29) is 13.0 Å². The molecule has 0 saturated heterocycles. The van der Waals surface area contributed by atoms with E-state index in [9.17, 15) is 9.59 Å². The van der Waals surface area contributed by atoms with Crippen LogP contribution in [0.25, 0.3) is 0 Å². The van der Waals surface area contributed by atoms with E-state index in [2.05, 4.69) is 17.5 Å². The molecule has 0 spiro atoms. The van der Waals surface area contributed by atoms with Gasteiger partial charge in [-0.25, -0.2) is 0 Å². The van der Waals surface area contributed by atoms with Crippen molar-refractivity contribution in [2.45, 2.75) is 6.42 Å². The number of amides is 2. The third kappa shape index (κ3) is 4.63. The van der Waals surface area contributed by atoms with Crippen LogP contribution in [0.15, 0.2) is 0 Å². The lowest BCUT2D eigenvalue weighted by atomic mass is 10.1. The molecule has 6 heteroatoms. The normalized spacial score (nSPS) is 12.5. The summed E-state index contributed by atoms with van der Waals surface area (Å²) >= 11 is 4.39. The van der Waals surface area contributed by atoms with Crippen LogP contribution in [0.4, 0.5) is 0 Å². The molecule has 0 aliphatic heterocycles. The lowest BCUT2D eigenvalue weighted by molar-refractivity contribution is -0.126. The molecule has 11 heavy (non-hydrogen) atoms. The van der Waals surface area contributed by atoms with Crippen molar-refractivity contribution >= 4 is 24.6 Å². The SMILES string of the molecule is NC(=O)CC(CN[S-])C(N)=O. The average Bonchev–Trinajstić information content (AvgIpc) is 1.86. The summed E-state index contributed by atoms with van der Waals surface area (Å²) in [4.78, 5) is 20.9. The van der Waals surface area contributed by atoms with E-state index in [1.54, 1.807) is 0 Å². The molecule has 0 fully saturated rings. The summed E-state index contributed by atoms with van der Waals surface area (Å²) in [5.41, 5.74) is 9.79. The van der Waals surface area contributed by atoms with E-state index in [1.165, 1.54) is 0 Å². The zero-order valence-electron chi connectivity index (χ0n) is 5.87. The fraction of sp³-hybridized carbons (Fsp3) is 0.600. The van der Waals surface area contributed by atoms with Gasteiger partial charge < -0.3 is 29.0 Å². The van der Waals surface area contributed by atoms with Gasteiger partial charge in [-0.15, -0.1) is 0 Å². The van der Waals surface area contributed by atoms with Gasteiger partial charge in [0.2, 0.25) is 11.8 Å². The Hall–Kier alpha value is -0.750. The molecule has 0 saturated carbocycles. The summed E-state index contributed by atoms with van der Waals surface area (Å²) in [5.74, 6) is -1.72. The van der Waals surface area contributed by atoms with Gasteiger partial charge in [0.15, 0.2) is 0 Å². The Kier molecular flexibility index (Phi) is 4.64. The third-order valence-corrected chi connectivity index (χ3v) is 1.35. The minimum atomic E-state index is -0.593. The minimum absolute atomic E-state index is 0.0566. The maximum atomic E-state index is 10.6. The first-order valence-electron chi connectivity index (χ1n) is 3.00. The maximum absolute atomic E-state index is 10.6. The molecule has 0 aromatic rings. The Morgan fingerprint density at radius 3 is 2.27 bits per heavy atom. The number of hydrogen-bond donors (Lipinski definition) is 3. The monoisotopic (exact) mass is 176 g/mol. The third-order valence-electron chi connectivity index (χ3n) is 1.18. The topological polar surface area (TPSA) is 98.2 Å². The fourth-order valence-corrected chi connectivity index (χ4v) is 0.818. The Labute approximate surface area is 70.0 Å². The van der Waals surface area contributed by atoms with Gasteiger partial charge in [-0.3, -0.25) is 9.59 Å². The van der Waals surface area contributed by atoms with Crippen molar-refractivity contribution in [2.75, 3.05) is 6.54 Å². The van der Waals surface area contributed by atoms with Crippen molar-refractivity contribution in [1.82, 2.24) is 4.72 Å². The predicted octanol–water partition coefficient (Wildman–Crippen LogP) is -1.99. The second-order valence-electron chi connectivity index (χ2n) is 2.12. The van der Waals surface area contributed by atoms with Crippen molar-refractivity contribution in [3.05, 3.63) is 0 Å². The highest BCUT2D eigenvalue weighted by atomic mass is 32.1. The van der Waals surface area contributed by atoms with Crippen molar-refractivity contribution in [1.29, 1.82) is 0 Å². The molecule has 2 amide bonds. The van der Waals surface area contributed by atoms with Crippen LogP contribution in [0.5, 0.6) is 0 Å². The molecule has 64 valence electrons. The Morgan fingerprint density at radius 1 is 1.45 bits per heavy atom. The predicted molar refractivity (Wildman–Crippen MR) is 41.9 cm³/mol. The molecular weight excluding hydrogens is 166 g/mol. The Bertz CT molecular complexity index is 162. The van der Waals surface area contributed by atoms with Gasteiger partial charge >= 0.3 is 0 Å². The molecule has 5 nitrogen and oxygen atoms in total. The van der Waals surface area contributed by atoms with Crippen LogP contribution in [0.1, 0.15) is 6.42 Å². The number of carbonyl (C=O) groups excluding carboxylic acids is 2. The first-order chi connectivity index (χ1) is 5.07. The summed E-state index contributed by atoms with van der Waals surface area (Å²) < 4.78 is 2.33. The van der Waals surface area contributed by atoms with Crippen LogP contribution >= 0.6 is 0 Å². The summed E-state index contributed by atoms with van der Waals surface area (Å²) in [6, 6.07) is 0. The van der Waals surface area contributed by atoms with Gasteiger partial charge in [-0.2, -0.15) is 0 Å². The fourth-order valence-electron chi connectivity index (χ4n) is 0.617. The Morgan fingerprint density at radius 2 is 2.00 bits per heavy atom. The highest BCUT2D eigenvalue weighted by Crippen LogP contribution is 1.98. The highest BCUT2D eigenvalue weighted by molar-refractivity contribution is 7.56. The van der Waals surface area contributed by atoms with Crippen LogP contribution in [0.2, 0.25) is 0 Å². The number of nitrogens with one attached hydrogen (secondary N) is 1. The van der Waals surface area contributed by atoms with Gasteiger partial charge in [0.1, 0.15) is 0 Å². The summed E-state index contributed by atoms with van der Waals surface area (Å²) in [7, 11) is 0. The van der Waals surface area contributed by atoms with E-state index < -0.39 is 17.7 Å². The second kappa shape index (κ2) is 4.97. The number of carbonyl (C=O) groups is 2. The maximum Gasteiger partial charge on any atom is 0.222 e. The van der Waals surface area contributed by atoms with Crippen LogP contribution in [-0.4, -0.2) is 18.4 Å². The van der Waals surface area contributed by atoms with Gasteiger partial charge in [-0.1, -0.05) is 0 Å². The summed E-state index contributed by atoms with van der Waals surface area (Å²) in [6.45, 7) is 0.202. The van der Waals surface area contributed by atoms with E-state index in [1.807, 2.05) is 0 Å². The lowest BCUT2D eigenvalue weighted by Crippen LogP contribution is -2.34. The standard InChI is InChI=1S/C5H10N3O2S/c6-4(9)1-3(2-8-11)5(7)10/h3,8H,1-2H2,(H2,6,9)(H2,7,10)/q-1. The molecule has 0 rings (SSSR count). The number of hydrogen-bond acceptors (Lipinski definition) is 4. The number of nitrogens with two attached hydrogens (primary N) is 2. The van der Waals surface area contributed by atoms with Crippen molar-refractivity contribution < 1.29 is 9.59 Å². The van der Waals surface area contributed by atoms with Crippen molar-refractivity contribution in [3.63, 3.8) is 0 Å². The summed E-state index contributed by atoms with van der Waals surface area (Å²) in [5, 5.41) is 0. The van der Waals surface area contributed by atoms with E-state index >= 15 is 0 Å². The molecule has 0 aliphatic rings. The van der Waals surface area contributed by atoms with E-state index in [0.29, 0.717) is 0 Å². The van der Waals surface area contributed by atoms with E-state index in [0.717, 1.165) is 0 Å². The number of primary amides is 2. The van der Waals surface area contributed by atoms with Gasteiger partial charge in [0, 0.05) is 6.42 Å². The van der Waals surface area contributed by atoms with Gasteiger partial charge in [-0.05, 0) is 6.54 Å². The molecule has 0 aliphatic carbocycles. The van der Waals surface area contributed by atoms with Crippen molar-refractivity contribution in [2.24, 2.45) is 17.4 Å². The second-order valence-corrected chi connectivity index (χ2v) is 2.41. The molecule has 1 unspecified atom stereocenters. The zero-order chi connectivity index (χ0) is 8.85. The van der Waals surface area contributed by atoms with Crippen LogP contribution in [0, 0.1) is 5.92 Å². The average molecular weight is 176 g/mol. The van der Waals surface area contributed by atoms with Gasteiger partial charge in [0.05, 0.1) is 5.92 Å². The van der Waals surface area contributed by atoms with Crippen LogP contribution in [-0.2, 0) is 22.4 Å². The van der Waals surface area contributed by atoms with E-state index in [4.69, 9.17) is 11.5 Å². The molecule has 0 aromatic carbocycles. The lowest BCUT2D eigenvalue weighted by Gasteiger charge is -2.14. The number of rotatable bonds is 5. The van der Waals surface area contributed by atoms with Crippen LogP contribution in [0.3, 0.4) is 0 Å². The van der Waals surface area contributed by atoms with Crippen molar-refractivity contribution in [3.8, 4) is 0 Å².